The molecule has 0 saturated heterocycles. The standard InChI is InChI=1S/C6H6ClNO3/c7-4-3-5-1-2-6(11-5)8(9)10/h1-2H,3-4H2. The van der Waals surface area contributed by atoms with E-state index in [-0.39, 0.29) is 5.88 Å². The lowest BCUT2D eigenvalue weighted by atomic mass is 10.4. The predicted octanol–water partition coefficient (Wildman–Crippen LogP) is 1.97. The molecular weight excluding hydrogens is 170 g/mol. The number of hydrogen-bond acceptors (Lipinski definition) is 3. The molecule has 0 saturated carbocycles. The van der Waals surface area contributed by atoms with Gasteiger partial charge >= 0.3 is 5.88 Å². The van der Waals surface area contributed by atoms with E-state index in [9.17, 15) is 10.1 Å². The summed E-state index contributed by atoms with van der Waals surface area (Å²) in [6.45, 7) is 0. The summed E-state index contributed by atoms with van der Waals surface area (Å²) < 4.78 is 4.80. The van der Waals surface area contributed by atoms with Crippen LogP contribution in [0.3, 0.4) is 0 Å². The molecule has 1 heterocycles. The van der Waals surface area contributed by atoms with Crippen LogP contribution in [-0.2, 0) is 6.42 Å². The molecule has 0 atom stereocenters. The van der Waals surface area contributed by atoms with E-state index >= 15 is 0 Å². The molecule has 1 aromatic rings. The van der Waals surface area contributed by atoms with Gasteiger partial charge in [0.15, 0.2) is 0 Å². The Labute approximate surface area is 67.9 Å². The van der Waals surface area contributed by atoms with E-state index in [1.165, 1.54) is 6.07 Å². The largest absolute Gasteiger partial charge is 0.433 e. The lowest BCUT2D eigenvalue weighted by Gasteiger charge is -1.86. The van der Waals surface area contributed by atoms with Crippen LogP contribution in [0, 0.1) is 10.1 Å². The molecule has 60 valence electrons. The molecule has 0 N–H and O–H groups in total. The third-order valence-corrected chi connectivity index (χ3v) is 1.36. The third-order valence-electron chi connectivity index (χ3n) is 1.17. The van der Waals surface area contributed by atoms with E-state index in [1.807, 2.05) is 0 Å². The number of nitrogens with zero attached hydrogens (tertiary/aromatic N) is 1. The summed E-state index contributed by atoms with van der Waals surface area (Å²) in [6.07, 6.45) is 0.523. The fraction of sp³-hybridized carbons (Fsp3) is 0.333. The molecule has 0 amide bonds. The van der Waals surface area contributed by atoms with Gasteiger partial charge in [0.2, 0.25) is 0 Å². The second-order valence-electron chi connectivity index (χ2n) is 1.94. The lowest BCUT2D eigenvalue weighted by Crippen LogP contribution is -1.84. The zero-order valence-electron chi connectivity index (χ0n) is 5.62. The van der Waals surface area contributed by atoms with Gasteiger partial charge in [-0.1, -0.05) is 0 Å². The monoisotopic (exact) mass is 175 g/mol. The topological polar surface area (TPSA) is 56.3 Å². The normalized spacial score (nSPS) is 9.91. The summed E-state index contributed by atoms with van der Waals surface area (Å²) in [4.78, 5) is 9.53. The molecule has 0 fully saturated rings. The molecule has 0 spiro atoms. The highest BCUT2D eigenvalue weighted by molar-refractivity contribution is 6.17. The summed E-state index contributed by atoms with van der Waals surface area (Å²) >= 11 is 5.40. The maximum atomic E-state index is 10.1. The highest BCUT2D eigenvalue weighted by Gasteiger charge is 2.10. The Hall–Kier alpha value is -1.03. The molecule has 0 aliphatic heterocycles. The summed E-state index contributed by atoms with van der Waals surface area (Å²) in [6, 6.07) is 2.88. The van der Waals surface area contributed by atoms with Crippen LogP contribution in [0.2, 0.25) is 0 Å². The molecule has 0 aliphatic carbocycles. The summed E-state index contributed by atoms with van der Waals surface area (Å²) in [5, 5.41) is 10.1. The van der Waals surface area contributed by atoms with E-state index in [2.05, 4.69) is 0 Å². The van der Waals surface area contributed by atoms with Crippen LogP contribution in [0.4, 0.5) is 5.88 Å². The molecule has 0 unspecified atom stereocenters. The van der Waals surface area contributed by atoms with Crippen LogP contribution in [0.5, 0.6) is 0 Å². The van der Waals surface area contributed by atoms with Gasteiger partial charge in [-0.15, -0.1) is 11.6 Å². The van der Waals surface area contributed by atoms with Crippen molar-refractivity contribution in [3.8, 4) is 0 Å². The first kappa shape index (κ1) is 8.07. The van der Waals surface area contributed by atoms with Crippen molar-refractivity contribution in [2.75, 3.05) is 5.88 Å². The van der Waals surface area contributed by atoms with Gasteiger partial charge in [0.05, 0.1) is 6.07 Å². The molecular formula is C6H6ClNO3. The van der Waals surface area contributed by atoms with Crippen LogP contribution in [0.25, 0.3) is 0 Å². The Kier molecular flexibility index (Phi) is 2.48. The average Bonchev–Trinajstić information content (AvgIpc) is 2.37. The van der Waals surface area contributed by atoms with Gasteiger partial charge in [-0.2, -0.15) is 0 Å². The van der Waals surface area contributed by atoms with Crippen LogP contribution in [0.1, 0.15) is 5.76 Å². The van der Waals surface area contributed by atoms with Crippen molar-refractivity contribution >= 4 is 17.5 Å². The molecule has 11 heavy (non-hydrogen) atoms. The molecule has 1 rings (SSSR count). The quantitative estimate of drug-likeness (QED) is 0.401. The summed E-state index contributed by atoms with van der Waals surface area (Å²) in [7, 11) is 0. The predicted molar refractivity (Wildman–Crippen MR) is 39.8 cm³/mol. The third kappa shape index (κ3) is 1.94. The average molecular weight is 176 g/mol. The van der Waals surface area contributed by atoms with Gasteiger partial charge < -0.3 is 4.42 Å². The molecule has 1 aromatic heterocycles. The van der Waals surface area contributed by atoms with Crippen molar-refractivity contribution in [1.82, 2.24) is 0 Å². The first-order chi connectivity index (χ1) is 5.24. The van der Waals surface area contributed by atoms with Crippen molar-refractivity contribution in [2.45, 2.75) is 6.42 Å². The van der Waals surface area contributed by atoms with E-state index < -0.39 is 4.92 Å². The molecule has 5 heteroatoms. The van der Waals surface area contributed by atoms with Crippen molar-refractivity contribution in [3.63, 3.8) is 0 Å². The highest BCUT2D eigenvalue weighted by Crippen LogP contribution is 2.15. The fourth-order valence-corrected chi connectivity index (χ4v) is 0.878. The Morgan fingerprint density at radius 1 is 1.64 bits per heavy atom. The Morgan fingerprint density at radius 2 is 2.36 bits per heavy atom. The van der Waals surface area contributed by atoms with Crippen molar-refractivity contribution in [1.29, 1.82) is 0 Å². The number of halogens is 1. The maximum absolute atomic E-state index is 10.1. The van der Waals surface area contributed by atoms with Crippen LogP contribution in [-0.4, -0.2) is 10.8 Å². The summed E-state index contributed by atoms with van der Waals surface area (Å²) in [5.74, 6) is 0.724. The first-order valence-electron chi connectivity index (χ1n) is 3.03. The van der Waals surface area contributed by atoms with Gasteiger partial charge in [0.1, 0.15) is 10.7 Å². The zero-order valence-corrected chi connectivity index (χ0v) is 6.37. The Morgan fingerprint density at radius 3 is 2.82 bits per heavy atom. The second kappa shape index (κ2) is 3.39. The minimum Gasteiger partial charge on any atom is -0.406 e. The van der Waals surface area contributed by atoms with Gasteiger partial charge in [-0.25, -0.2) is 0 Å². The maximum Gasteiger partial charge on any atom is 0.433 e. The Bertz CT molecular complexity index is 258. The highest BCUT2D eigenvalue weighted by atomic mass is 35.5. The SMILES string of the molecule is O=[N+]([O-])c1ccc(CCCl)o1. The number of hydrogen-bond donors (Lipinski definition) is 0. The molecule has 0 aromatic carbocycles. The van der Waals surface area contributed by atoms with Gasteiger partial charge in [-0.3, -0.25) is 10.1 Å². The summed E-state index contributed by atoms with van der Waals surface area (Å²) in [5.41, 5.74) is 0. The zero-order chi connectivity index (χ0) is 8.27. The lowest BCUT2D eigenvalue weighted by molar-refractivity contribution is -0.402. The van der Waals surface area contributed by atoms with Crippen LogP contribution in [0.15, 0.2) is 16.5 Å². The van der Waals surface area contributed by atoms with Crippen molar-refractivity contribution in [3.05, 3.63) is 28.0 Å². The molecule has 0 aliphatic rings. The molecule has 0 bridgehead atoms. The second-order valence-corrected chi connectivity index (χ2v) is 2.31. The number of furan rings is 1. The van der Waals surface area contributed by atoms with Crippen LogP contribution >= 0.6 is 11.6 Å². The van der Waals surface area contributed by atoms with E-state index in [4.69, 9.17) is 16.0 Å². The van der Waals surface area contributed by atoms with Crippen LogP contribution < -0.4 is 0 Å². The molecule has 0 radical (unpaired) electrons. The van der Waals surface area contributed by atoms with E-state index in [0.717, 1.165) is 0 Å². The van der Waals surface area contributed by atoms with Crippen molar-refractivity contribution < 1.29 is 9.34 Å². The first-order valence-corrected chi connectivity index (χ1v) is 3.56. The number of rotatable bonds is 3. The molecule has 4 nitrogen and oxygen atoms in total. The van der Waals surface area contributed by atoms with Gasteiger partial charge in [-0.05, 0) is 6.07 Å². The minimum atomic E-state index is -0.572. The van der Waals surface area contributed by atoms with E-state index in [1.54, 1.807) is 6.07 Å². The smallest absolute Gasteiger partial charge is 0.406 e. The van der Waals surface area contributed by atoms with Crippen molar-refractivity contribution in [2.24, 2.45) is 0 Å². The van der Waals surface area contributed by atoms with Gasteiger partial charge in [0, 0.05) is 12.3 Å². The fourth-order valence-electron chi connectivity index (χ4n) is 0.692. The van der Waals surface area contributed by atoms with E-state index in [0.29, 0.717) is 18.1 Å². The number of aryl methyl sites for hydroxylation is 1. The number of alkyl halides is 1. The minimum absolute atomic E-state index is 0.231. The number of nitro groups is 1. The van der Waals surface area contributed by atoms with Gasteiger partial charge in [0.25, 0.3) is 0 Å². The Balaban J connectivity index is 2.73.